The van der Waals surface area contributed by atoms with Gasteiger partial charge in [-0.1, -0.05) is 32.0 Å². The van der Waals surface area contributed by atoms with Gasteiger partial charge in [-0.3, -0.25) is 4.99 Å². The van der Waals surface area contributed by atoms with E-state index in [1.807, 2.05) is 18.2 Å². The third kappa shape index (κ3) is 9.32. The molecule has 1 saturated heterocycles. The first kappa shape index (κ1) is 24.4. The van der Waals surface area contributed by atoms with E-state index in [9.17, 15) is 0 Å². The Hall–Kier alpha value is -1.83. The smallest absolute Gasteiger partial charge is 0.191 e. The maximum absolute atomic E-state index is 6.04. The van der Waals surface area contributed by atoms with Crippen molar-refractivity contribution in [3.63, 3.8) is 0 Å². The van der Waals surface area contributed by atoms with E-state index in [1.165, 1.54) is 0 Å². The van der Waals surface area contributed by atoms with Crippen molar-refractivity contribution in [2.24, 2.45) is 4.99 Å². The molecule has 1 aromatic carbocycles. The Bertz CT molecular complexity index is 602. The van der Waals surface area contributed by atoms with Crippen LogP contribution in [0.3, 0.4) is 0 Å². The third-order valence-corrected chi connectivity index (χ3v) is 5.29. The molecule has 0 radical (unpaired) electrons. The molecule has 1 aromatic rings. The molecule has 30 heavy (non-hydrogen) atoms. The van der Waals surface area contributed by atoms with E-state index in [0.29, 0.717) is 25.9 Å². The lowest BCUT2D eigenvalue weighted by Crippen LogP contribution is -2.37. The van der Waals surface area contributed by atoms with Crippen molar-refractivity contribution in [2.75, 3.05) is 59.7 Å². The molecule has 1 fully saturated rings. The molecule has 0 aliphatic carbocycles. The van der Waals surface area contributed by atoms with Crippen molar-refractivity contribution in [3.05, 3.63) is 29.8 Å². The number of para-hydroxylation sites is 1. The van der Waals surface area contributed by atoms with Crippen molar-refractivity contribution in [1.82, 2.24) is 15.5 Å². The number of hydrogen-bond donors (Lipinski definition) is 2. The van der Waals surface area contributed by atoms with E-state index in [2.05, 4.69) is 40.4 Å². The fourth-order valence-electron chi connectivity index (χ4n) is 3.39. The topological polar surface area (TPSA) is 67.4 Å². The van der Waals surface area contributed by atoms with Crippen molar-refractivity contribution in [1.29, 1.82) is 0 Å². The van der Waals surface area contributed by atoms with Crippen LogP contribution in [-0.2, 0) is 16.0 Å². The van der Waals surface area contributed by atoms with Gasteiger partial charge in [0.1, 0.15) is 12.4 Å². The highest BCUT2D eigenvalue weighted by Crippen LogP contribution is 2.17. The normalized spacial score (nSPS) is 16.8. The highest BCUT2D eigenvalue weighted by molar-refractivity contribution is 5.79. The summed E-state index contributed by atoms with van der Waals surface area (Å²) in [5.74, 6) is 1.71. The lowest BCUT2D eigenvalue weighted by atomic mass is 10.2. The van der Waals surface area contributed by atoms with Gasteiger partial charge in [-0.25, -0.2) is 0 Å². The SMILES string of the molecule is CCN(CC)CCOc1ccccc1CNC(=NC)NCCCOCC1CCCO1. The molecule has 0 spiro atoms. The van der Waals surface area contributed by atoms with Gasteiger partial charge in [0.2, 0.25) is 0 Å². The first-order chi connectivity index (χ1) is 14.8. The Balaban J connectivity index is 1.65. The summed E-state index contributed by atoms with van der Waals surface area (Å²) in [4.78, 5) is 6.67. The summed E-state index contributed by atoms with van der Waals surface area (Å²) in [5, 5.41) is 6.71. The minimum atomic E-state index is 0.293. The Morgan fingerprint density at radius 1 is 1.20 bits per heavy atom. The first-order valence-corrected chi connectivity index (χ1v) is 11.3. The van der Waals surface area contributed by atoms with Gasteiger partial charge in [0.25, 0.3) is 0 Å². The van der Waals surface area contributed by atoms with Gasteiger partial charge in [-0.15, -0.1) is 0 Å². The average molecular weight is 421 g/mol. The summed E-state index contributed by atoms with van der Waals surface area (Å²) < 4.78 is 17.3. The zero-order valence-corrected chi connectivity index (χ0v) is 19.0. The number of guanidine groups is 1. The number of likely N-dealkylation sites (N-methyl/N-ethyl adjacent to an activating group) is 1. The Kier molecular flexibility index (Phi) is 12.3. The molecule has 0 bridgehead atoms. The van der Waals surface area contributed by atoms with E-state index in [-0.39, 0.29) is 0 Å². The van der Waals surface area contributed by atoms with Gasteiger partial charge in [0.05, 0.1) is 12.7 Å². The van der Waals surface area contributed by atoms with Crippen molar-refractivity contribution in [3.8, 4) is 5.75 Å². The summed E-state index contributed by atoms with van der Waals surface area (Å²) in [6.45, 7) is 11.9. The first-order valence-electron chi connectivity index (χ1n) is 11.3. The average Bonchev–Trinajstić information content (AvgIpc) is 3.30. The van der Waals surface area contributed by atoms with E-state index in [1.54, 1.807) is 7.05 Å². The van der Waals surface area contributed by atoms with E-state index < -0.39 is 0 Å². The molecular weight excluding hydrogens is 380 g/mol. The quantitative estimate of drug-likeness (QED) is 0.274. The van der Waals surface area contributed by atoms with E-state index in [0.717, 1.165) is 75.9 Å². The number of nitrogens with zero attached hydrogens (tertiary/aromatic N) is 2. The van der Waals surface area contributed by atoms with Gasteiger partial charge in [-0.05, 0) is 38.4 Å². The molecule has 2 N–H and O–H groups in total. The van der Waals surface area contributed by atoms with Gasteiger partial charge in [0.15, 0.2) is 5.96 Å². The van der Waals surface area contributed by atoms with Crippen molar-refractivity contribution < 1.29 is 14.2 Å². The summed E-state index contributed by atoms with van der Waals surface area (Å²) in [7, 11) is 1.79. The van der Waals surface area contributed by atoms with Crippen LogP contribution in [0.25, 0.3) is 0 Å². The van der Waals surface area contributed by atoms with Gasteiger partial charge >= 0.3 is 0 Å². The summed E-state index contributed by atoms with van der Waals surface area (Å²) >= 11 is 0. The Morgan fingerprint density at radius 2 is 2.03 bits per heavy atom. The second-order valence-corrected chi connectivity index (χ2v) is 7.40. The molecule has 0 aromatic heterocycles. The van der Waals surface area contributed by atoms with Crippen LogP contribution in [0, 0.1) is 0 Å². The lowest BCUT2D eigenvalue weighted by Gasteiger charge is -2.19. The molecule has 0 amide bonds. The molecular formula is C23H40N4O3. The minimum absolute atomic E-state index is 0.293. The predicted molar refractivity (Wildman–Crippen MR) is 122 cm³/mol. The molecule has 1 unspecified atom stereocenters. The zero-order chi connectivity index (χ0) is 21.4. The molecule has 1 atom stereocenters. The van der Waals surface area contributed by atoms with Crippen LogP contribution in [0.5, 0.6) is 5.75 Å². The minimum Gasteiger partial charge on any atom is -0.492 e. The monoisotopic (exact) mass is 420 g/mol. The van der Waals surface area contributed by atoms with Gasteiger partial charge < -0.3 is 29.7 Å². The van der Waals surface area contributed by atoms with Crippen molar-refractivity contribution >= 4 is 5.96 Å². The molecule has 1 heterocycles. The van der Waals surface area contributed by atoms with Crippen LogP contribution in [0.1, 0.15) is 38.7 Å². The van der Waals surface area contributed by atoms with Gasteiger partial charge in [0, 0.05) is 45.5 Å². The summed E-state index contributed by atoms with van der Waals surface area (Å²) in [5.41, 5.74) is 1.12. The number of rotatable bonds is 14. The van der Waals surface area contributed by atoms with E-state index in [4.69, 9.17) is 14.2 Å². The second-order valence-electron chi connectivity index (χ2n) is 7.40. The number of hydrogen-bond acceptors (Lipinski definition) is 5. The predicted octanol–water partition coefficient (Wildman–Crippen LogP) is 2.66. The van der Waals surface area contributed by atoms with Crippen LogP contribution >= 0.6 is 0 Å². The molecule has 1 aliphatic rings. The Morgan fingerprint density at radius 3 is 2.77 bits per heavy atom. The molecule has 170 valence electrons. The molecule has 7 nitrogen and oxygen atoms in total. The van der Waals surface area contributed by atoms with Crippen molar-refractivity contribution in [2.45, 2.75) is 45.8 Å². The fraction of sp³-hybridized carbons (Fsp3) is 0.696. The summed E-state index contributed by atoms with van der Waals surface area (Å²) in [6.07, 6.45) is 3.50. The molecule has 2 rings (SSSR count). The van der Waals surface area contributed by atoms with Gasteiger partial charge in [-0.2, -0.15) is 0 Å². The number of nitrogens with one attached hydrogen (secondary N) is 2. The van der Waals surface area contributed by atoms with Crippen LogP contribution < -0.4 is 15.4 Å². The maximum Gasteiger partial charge on any atom is 0.191 e. The van der Waals surface area contributed by atoms with Crippen LogP contribution in [0.2, 0.25) is 0 Å². The number of ether oxygens (including phenoxy) is 3. The molecule has 1 aliphatic heterocycles. The molecule has 7 heteroatoms. The Labute approximate surface area is 182 Å². The fourth-order valence-corrected chi connectivity index (χ4v) is 3.39. The summed E-state index contributed by atoms with van der Waals surface area (Å²) in [6, 6.07) is 8.17. The van der Waals surface area contributed by atoms with Crippen LogP contribution in [0.4, 0.5) is 0 Å². The number of benzene rings is 1. The zero-order valence-electron chi connectivity index (χ0n) is 19.0. The third-order valence-electron chi connectivity index (χ3n) is 5.29. The number of aliphatic imine (C=N–C) groups is 1. The highest BCUT2D eigenvalue weighted by Gasteiger charge is 2.14. The lowest BCUT2D eigenvalue weighted by molar-refractivity contribution is 0.0168. The second kappa shape index (κ2) is 15.0. The van der Waals surface area contributed by atoms with Crippen LogP contribution in [-0.4, -0.2) is 76.6 Å². The molecule has 0 saturated carbocycles. The highest BCUT2D eigenvalue weighted by atomic mass is 16.5. The largest absolute Gasteiger partial charge is 0.492 e. The van der Waals surface area contributed by atoms with E-state index >= 15 is 0 Å². The standard InChI is InChI=1S/C23H40N4O3/c1-4-27(5-2)14-17-30-22-12-7-6-10-20(22)18-26-23(24-3)25-13-9-15-28-19-21-11-8-16-29-21/h6-7,10,12,21H,4-5,8-9,11,13-19H2,1-3H3,(H2,24,25,26). The maximum atomic E-state index is 6.04. The van der Waals surface area contributed by atoms with Crippen LogP contribution in [0.15, 0.2) is 29.3 Å².